The van der Waals surface area contributed by atoms with Crippen LogP contribution in [0.4, 0.5) is 26.3 Å². The number of esters is 1. The first-order valence-electron chi connectivity index (χ1n) is 10.6. The summed E-state index contributed by atoms with van der Waals surface area (Å²) in [6, 6.07) is 9.67. The Hall–Kier alpha value is -3.41. The summed E-state index contributed by atoms with van der Waals surface area (Å²) in [5, 5.41) is 0.301. The molecule has 0 spiro atoms. The number of benzene rings is 2. The average Bonchev–Trinajstić information content (AvgIpc) is 3.44. The summed E-state index contributed by atoms with van der Waals surface area (Å²) in [4.78, 5) is 16.6. The van der Waals surface area contributed by atoms with Crippen molar-refractivity contribution in [3.63, 3.8) is 0 Å². The SMILES string of the molecule is CCOC(=O)c1ccc2c(c1)nc(SCc1ccc(C(F)(F)F)cc1C(F)(F)F)n2Cc1ccco1. The van der Waals surface area contributed by atoms with Crippen molar-refractivity contribution in [1.82, 2.24) is 9.55 Å². The van der Waals surface area contributed by atoms with Gasteiger partial charge in [0.15, 0.2) is 5.16 Å². The first-order valence-corrected chi connectivity index (χ1v) is 11.6. The van der Waals surface area contributed by atoms with Crippen LogP contribution >= 0.6 is 11.8 Å². The van der Waals surface area contributed by atoms with Crippen LogP contribution in [0.5, 0.6) is 0 Å². The summed E-state index contributed by atoms with van der Waals surface area (Å²) in [6.07, 6.45) is -8.41. The second-order valence-electron chi connectivity index (χ2n) is 7.64. The number of carbonyl (C=O) groups excluding carboxylic acids is 1. The topological polar surface area (TPSA) is 57.3 Å². The minimum atomic E-state index is -4.97. The fourth-order valence-electron chi connectivity index (χ4n) is 3.56. The monoisotopic (exact) mass is 528 g/mol. The Morgan fingerprint density at radius 3 is 2.47 bits per heavy atom. The second kappa shape index (κ2) is 9.92. The highest BCUT2D eigenvalue weighted by molar-refractivity contribution is 7.98. The van der Waals surface area contributed by atoms with Crippen LogP contribution in [0.2, 0.25) is 0 Å². The van der Waals surface area contributed by atoms with Crippen molar-refractivity contribution in [2.75, 3.05) is 6.61 Å². The van der Waals surface area contributed by atoms with Crippen LogP contribution in [-0.2, 0) is 29.4 Å². The van der Waals surface area contributed by atoms with E-state index in [0.717, 1.165) is 17.8 Å². The van der Waals surface area contributed by atoms with Gasteiger partial charge in [0.25, 0.3) is 0 Å². The van der Waals surface area contributed by atoms with Gasteiger partial charge in [-0.2, -0.15) is 26.3 Å². The molecule has 0 atom stereocenters. The van der Waals surface area contributed by atoms with Crippen LogP contribution in [0.15, 0.2) is 64.4 Å². The molecule has 0 bridgehead atoms. The maximum absolute atomic E-state index is 13.6. The molecular formula is C24H18F6N2O3S. The van der Waals surface area contributed by atoms with Crippen LogP contribution < -0.4 is 0 Å². The number of aromatic nitrogens is 2. The van der Waals surface area contributed by atoms with E-state index in [1.807, 2.05) is 0 Å². The molecule has 0 amide bonds. The van der Waals surface area contributed by atoms with E-state index in [4.69, 9.17) is 9.15 Å². The van der Waals surface area contributed by atoms with Gasteiger partial charge in [0.1, 0.15) is 5.76 Å². The summed E-state index contributed by atoms with van der Waals surface area (Å²) < 4.78 is 91.8. The maximum Gasteiger partial charge on any atom is 0.416 e. The first kappa shape index (κ1) is 25.7. The molecule has 0 unspecified atom stereocenters. The van der Waals surface area contributed by atoms with E-state index in [9.17, 15) is 31.1 Å². The lowest BCUT2D eigenvalue weighted by Gasteiger charge is -2.16. The molecule has 2 aromatic carbocycles. The van der Waals surface area contributed by atoms with Gasteiger partial charge >= 0.3 is 18.3 Å². The number of hydrogen-bond donors (Lipinski definition) is 0. The fourth-order valence-corrected chi connectivity index (χ4v) is 4.57. The van der Waals surface area contributed by atoms with E-state index in [2.05, 4.69) is 4.98 Å². The Balaban J connectivity index is 1.71. The highest BCUT2D eigenvalue weighted by Crippen LogP contribution is 2.39. The molecule has 12 heteroatoms. The number of halogens is 6. The lowest BCUT2D eigenvalue weighted by atomic mass is 10.0. The predicted molar refractivity (Wildman–Crippen MR) is 120 cm³/mol. The number of rotatable bonds is 7. The molecular weight excluding hydrogens is 510 g/mol. The molecule has 0 aliphatic heterocycles. The van der Waals surface area contributed by atoms with E-state index in [-0.39, 0.29) is 36.1 Å². The molecule has 0 aliphatic carbocycles. The van der Waals surface area contributed by atoms with E-state index < -0.39 is 29.4 Å². The zero-order valence-electron chi connectivity index (χ0n) is 18.6. The molecule has 0 saturated carbocycles. The molecule has 36 heavy (non-hydrogen) atoms. The van der Waals surface area contributed by atoms with Gasteiger partial charge in [-0.1, -0.05) is 17.8 Å². The van der Waals surface area contributed by atoms with Crippen molar-refractivity contribution in [1.29, 1.82) is 0 Å². The minimum absolute atomic E-state index is 0.118. The number of ether oxygens (including phenoxy) is 1. The third kappa shape index (κ3) is 5.53. The Morgan fingerprint density at radius 2 is 1.83 bits per heavy atom. The lowest BCUT2D eigenvalue weighted by molar-refractivity contribution is -0.143. The predicted octanol–water partition coefficient (Wildman–Crippen LogP) is 7.18. The van der Waals surface area contributed by atoms with Crippen LogP contribution in [0.25, 0.3) is 11.0 Å². The highest BCUT2D eigenvalue weighted by Gasteiger charge is 2.38. The number of carbonyl (C=O) groups is 1. The Morgan fingerprint density at radius 1 is 1.06 bits per heavy atom. The average molecular weight is 528 g/mol. The van der Waals surface area contributed by atoms with Crippen LogP contribution in [0, 0.1) is 0 Å². The van der Waals surface area contributed by atoms with E-state index in [0.29, 0.717) is 28.0 Å². The summed E-state index contributed by atoms with van der Waals surface area (Å²) in [5.74, 6) is -0.288. The van der Waals surface area contributed by atoms with Crippen molar-refractivity contribution in [2.24, 2.45) is 0 Å². The number of nitrogens with zero attached hydrogens (tertiary/aromatic N) is 2. The van der Waals surface area contributed by atoms with Crippen molar-refractivity contribution < 1.29 is 40.3 Å². The van der Waals surface area contributed by atoms with Gasteiger partial charge in [0.2, 0.25) is 0 Å². The Labute approximate surface area is 205 Å². The number of hydrogen-bond acceptors (Lipinski definition) is 5. The molecule has 5 nitrogen and oxygen atoms in total. The normalized spacial score (nSPS) is 12.3. The molecule has 0 N–H and O–H groups in total. The number of thioether (sulfide) groups is 1. The number of furan rings is 1. The highest BCUT2D eigenvalue weighted by atomic mass is 32.2. The summed E-state index contributed by atoms with van der Waals surface area (Å²) in [5.41, 5.74) is -1.80. The van der Waals surface area contributed by atoms with Crippen molar-refractivity contribution in [3.05, 3.63) is 82.8 Å². The lowest BCUT2D eigenvalue weighted by Crippen LogP contribution is -2.13. The van der Waals surface area contributed by atoms with Crippen LogP contribution in [-0.4, -0.2) is 22.1 Å². The molecule has 0 aliphatic rings. The largest absolute Gasteiger partial charge is 0.467 e. The Bertz CT molecular complexity index is 1380. The van der Waals surface area contributed by atoms with Gasteiger partial charge < -0.3 is 13.7 Å². The van der Waals surface area contributed by atoms with E-state index in [1.165, 1.54) is 12.3 Å². The zero-order chi connectivity index (χ0) is 26.1. The van der Waals surface area contributed by atoms with E-state index in [1.54, 1.807) is 35.8 Å². The molecule has 4 rings (SSSR count). The van der Waals surface area contributed by atoms with Crippen LogP contribution in [0.1, 0.15) is 39.7 Å². The standard InChI is InChI=1S/C24H18F6N2O3S/c1-2-34-21(33)14-6-8-20-19(10-14)31-22(32(20)12-17-4-3-9-35-17)36-13-15-5-7-16(23(25,26)27)11-18(15)24(28,29)30/h3-11H,2,12-13H2,1H3. The minimum Gasteiger partial charge on any atom is -0.467 e. The third-order valence-electron chi connectivity index (χ3n) is 5.22. The van der Waals surface area contributed by atoms with Crippen molar-refractivity contribution >= 4 is 28.8 Å². The smallest absolute Gasteiger partial charge is 0.416 e. The van der Waals surface area contributed by atoms with E-state index >= 15 is 0 Å². The maximum atomic E-state index is 13.6. The quantitative estimate of drug-likeness (QED) is 0.144. The first-order chi connectivity index (χ1) is 17.0. The fraction of sp³-hybridized carbons (Fsp3) is 0.250. The van der Waals surface area contributed by atoms with Gasteiger partial charge in [-0.3, -0.25) is 0 Å². The Kier molecular flexibility index (Phi) is 7.07. The second-order valence-corrected chi connectivity index (χ2v) is 8.58. The summed E-state index contributed by atoms with van der Waals surface area (Å²) in [6.45, 7) is 2.04. The van der Waals surface area contributed by atoms with Crippen molar-refractivity contribution in [3.8, 4) is 0 Å². The van der Waals surface area contributed by atoms with Crippen molar-refractivity contribution in [2.45, 2.75) is 36.7 Å². The van der Waals surface area contributed by atoms with Gasteiger partial charge in [0, 0.05) is 5.75 Å². The molecule has 0 saturated heterocycles. The molecule has 0 radical (unpaired) electrons. The zero-order valence-corrected chi connectivity index (χ0v) is 19.4. The number of fused-ring (bicyclic) bond motifs is 1. The summed E-state index contributed by atoms with van der Waals surface area (Å²) in [7, 11) is 0. The van der Waals surface area contributed by atoms with Gasteiger partial charge in [0.05, 0.1) is 47.1 Å². The molecule has 2 heterocycles. The van der Waals surface area contributed by atoms with Gasteiger partial charge in [-0.05, 0) is 55.0 Å². The number of imidazole rings is 1. The van der Waals surface area contributed by atoms with Crippen LogP contribution in [0.3, 0.4) is 0 Å². The van der Waals surface area contributed by atoms with Gasteiger partial charge in [-0.25, -0.2) is 9.78 Å². The third-order valence-corrected chi connectivity index (χ3v) is 6.24. The molecule has 190 valence electrons. The molecule has 4 aromatic rings. The molecule has 0 fully saturated rings. The molecule has 2 aromatic heterocycles. The van der Waals surface area contributed by atoms with Gasteiger partial charge in [-0.15, -0.1) is 0 Å². The summed E-state index contributed by atoms with van der Waals surface area (Å²) >= 11 is 0.929. The number of alkyl halides is 6.